The Morgan fingerprint density at radius 2 is 1.92 bits per heavy atom. The molecule has 0 radical (unpaired) electrons. The van der Waals surface area contributed by atoms with Gasteiger partial charge < -0.3 is 15.8 Å². The normalized spacial score (nSPS) is 10.2. The molecule has 2 amide bonds. The van der Waals surface area contributed by atoms with Gasteiger partial charge in [0.25, 0.3) is 0 Å². The van der Waals surface area contributed by atoms with Gasteiger partial charge in [0.15, 0.2) is 0 Å². The molecule has 0 spiro atoms. The summed E-state index contributed by atoms with van der Waals surface area (Å²) in [6.45, 7) is 0. The summed E-state index contributed by atoms with van der Waals surface area (Å²) in [4.78, 5) is 22.9. The Kier molecular flexibility index (Phi) is 6.20. The Morgan fingerprint density at radius 1 is 1.21 bits per heavy atom. The monoisotopic (exact) mass is 348 g/mol. The molecule has 0 unspecified atom stereocenters. The molecule has 0 aliphatic carbocycles. The molecule has 2 aromatic rings. The molecule has 0 atom stereocenters. The van der Waals surface area contributed by atoms with Crippen LogP contribution in [0.25, 0.3) is 0 Å². The van der Waals surface area contributed by atoms with Crippen molar-refractivity contribution in [1.82, 2.24) is 0 Å². The van der Waals surface area contributed by atoms with Crippen LogP contribution in [-0.2, 0) is 10.5 Å². The fraction of sp³-hybridized carbons (Fsp3) is 0.176. The first-order valence-electron chi connectivity index (χ1n) is 7.09. The van der Waals surface area contributed by atoms with Crippen LogP contribution in [0, 0.1) is 5.82 Å². The summed E-state index contributed by atoms with van der Waals surface area (Å²) >= 11 is 1.35. The van der Waals surface area contributed by atoms with Crippen LogP contribution in [0.4, 0.5) is 10.1 Å². The SMILES string of the molecule is COc1ccc(F)cc1CSCC(=O)Nc1ccc(C(N)=O)cc1. The predicted molar refractivity (Wildman–Crippen MR) is 92.7 cm³/mol. The fourth-order valence-electron chi connectivity index (χ4n) is 2.03. The Labute approximate surface area is 143 Å². The maximum Gasteiger partial charge on any atom is 0.248 e. The van der Waals surface area contributed by atoms with E-state index >= 15 is 0 Å². The van der Waals surface area contributed by atoms with E-state index in [1.54, 1.807) is 30.3 Å². The Balaban J connectivity index is 1.85. The van der Waals surface area contributed by atoms with Gasteiger partial charge in [-0.2, -0.15) is 0 Å². The van der Waals surface area contributed by atoms with Gasteiger partial charge in [0, 0.05) is 22.6 Å². The number of benzene rings is 2. The van der Waals surface area contributed by atoms with Gasteiger partial charge in [0.1, 0.15) is 11.6 Å². The molecule has 0 fully saturated rings. The quantitative estimate of drug-likeness (QED) is 0.806. The average Bonchev–Trinajstić information content (AvgIpc) is 2.55. The molecule has 0 aliphatic rings. The fourth-order valence-corrected chi connectivity index (χ4v) is 2.83. The Morgan fingerprint density at radius 3 is 2.54 bits per heavy atom. The van der Waals surface area contributed by atoms with Crippen molar-refractivity contribution in [1.29, 1.82) is 0 Å². The average molecular weight is 348 g/mol. The van der Waals surface area contributed by atoms with E-state index in [0.717, 1.165) is 0 Å². The molecular weight excluding hydrogens is 331 g/mol. The first-order valence-corrected chi connectivity index (χ1v) is 8.25. The molecule has 2 rings (SSSR count). The molecule has 7 heteroatoms. The molecule has 0 aliphatic heterocycles. The molecule has 5 nitrogen and oxygen atoms in total. The number of nitrogens with one attached hydrogen (secondary N) is 1. The Hall–Kier alpha value is -2.54. The lowest BCUT2D eigenvalue weighted by Crippen LogP contribution is -2.15. The number of methoxy groups -OCH3 is 1. The lowest BCUT2D eigenvalue weighted by Gasteiger charge is -2.09. The zero-order valence-electron chi connectivity index (χ0n) is 13.0. The molecule has 0 saturated heterocycles. The third-order valence-electron chi connectivity index (χ3n) is 3.19. The van der Waals surface area contributed by atoms with Crippen LogP contribution in [-0.4, -0.2) is 24.7 Å². The van der Waals surface area contributed by atoms with Crippen molar-refractivity contribution < 1.29 is 18.7 Å². The Bertz CT molecular complexity index is 735. The molecule has 0 saturated carbocycles. The van der Waals surface area contributed by atoms with E-state index in [9.17, 15) is 14.0 Å². The summed E-state index contributed by atoms with van der Waals surface area (Å²) in [6.07, 6.45) is 0. The topological polar surface area (TPSA) is 81.4 Å². The second kappa shape index (κ2) is 8.35. The lowest BCUT2D eigenvalue weighted by atomic mass is 10.2. The zero-order valence-corrected chi connectivity index (χ0v) is 13.9. The predicted octanol–water partition coefficient (Wildman–Crippen LogP) is 2.81. The van der Waals surface area contributed by atoms with Crippen LogP contribution in [0.5, 0.6) is 5.75 Å². The van der Waals surface area contributed by atoms with Crippen molar-refractivity contribution in [3.05, 3.63) is 59.4 Å². The number of nitrogens with two attached hydrogens (primary N) is 1. The number of halogens is 1. The van der Waals surface area contributed by atoms with E-state index in [4.69, 9.17) is 10.5 Å². The van der Waals surface area contributed by atoms with Crippen molar-refractivity contribution in [3.8, 4) is 5.75 Å². The highest BCUT2D eigenvalue weighted by atomic mass is 32.2. The number of hydrogen-bond donors (Lipinski definition) is 2. The molecule has 24 heavy (non-hydrogen) atoms. The standard InChI is InChI=1S/C17H17FN2O3S/c1-23-15-7-4-13(18)8-12(15)9-24-10-16(21)20-14-5-2-11(3-6-14)17(19)22/h2-8H,9-10H2,1H3,(H2,19,22)(H,20,21). The highest BCUT2D eigenvalue weighted by Crippen LogP contribution is 2.24. The van der Waals surface area contributed by atoms with Gasteiger partial charge in [0.2, 0.25) is 11.8 Å². The molecule has 0 heterocycles. The smallest absolute Gasteiger partial charge is 0.248 e. The summed E-state index contributed by atoms with van der Waals surface area (Å²) in [6, 6.07) is 10.6. The third kappa shape index (κ3) is 4.99. The zero-order chi connectivity index (χ0) is 17.5. The largest absolute Gasteiger partial charge is 0.496 e. The highest BCUT2D eigenvalue weighted by Gasteiger charge is 2.08. The van der Waals surface area contributed by atoms with E-state index in [2.05, 4.69) is 5.32 Å². The van der Waals surface area contributed by atoms with Gasteiger partial charge in [-0.3, -0.25) is 9.59 Å². The summed E-state index contributed by atoms with van der Waals surface area (Å²) < 4.78 is 18.4. The minimum atomic E-state index is -0.521. The first-order chi connectivity index (χ1) is 11.5. The van der Waals surface area contributed by atoms with Crippen molar-refractivity contribution in [2.24, 2.45) is 5.73 Å². The summed E-state index contributed by atoms with van der Waals surface area (Å²) in [5.41, 5.74) is 6.80. The maximum absolute atomic E-state index is 13.3. The number of rotatable bonds is 7. The van der Waals surface area contributed by atoms with Crippen molar-refractivity contribution in [2.45, 2.75) is 5.75 Å². The number of thioether (sulfide) groups is 1. The summed E-state index contributed by atoms with van der Waals surface area (Å²) in [5, 5.41) is 2.72. The van der Waals surface area contributed by atoms with Gasteiger partial charge >= 0.3 is 0 Å². The number of carbonyl (C=O) groups excluding carboxylic acids is 2. The summed E-state index contributed by atoms with van der Waals surface area (Å²) in [5.74, 6) is 0.193. The van der Waals surface area contributed by atoms with Crippen LogP contribution < -0.4 is 15.8 Å². The highest BCUT2D eigenvalue weighted by molar-refractivity contribution is 7.99. The lowest BCUT2D eigenvalue weighted by molar-refractivity contribution is -0.113. The third-order valence-corrected chi connectivity index (χ3v) is 4.17. The first kappa shape index (κ1) is 17.8. The number of carbonyl (C=O) groups is 2. The van der Waals surface area contributed by atoms with Gasteiger partial charge in [-0.25, -0.2) is 4.39 Å². The van der Waals surface area contributed by atoms with Crippen LogP contribution in [0.1, 0.15) is 15.9 Å². The minimum Gasteiger partial charge on any atom is -0.496 e. The van der Waals surface area contributed by atoms with Gasteiger partial charge in [0.05, 0.1) is 12.9 Å². The second-order valence-corrected chi connectivity index (χ2v) is 5.92. The second-order valence-electron chi connectivity index (χ2n) is 4.94. The molecule has 126 valence electrons. The number of primary amides is 1. The van der Waals surface area contributed by atoms with Crippen molar-refractivity contribution in [2.75, 3.05) is 18.2 Å². The van der Waals surface area contributed by atoms with E-state index < -0.39 is 5.91 Å². The number of anilines is 1. The van der Waals surface area contributed by atoms with Crippen molar-refractivity contribution >= 4 is 29.3 Å². The van der Waals surface area contributed by atoms with Crippen LogP contribution >= 0.6 is 11.8 Å². The van der Waals surface area contributed by atoms with Crippen LogP contribution in [0.2, 0.25) is 0 Å². The van der Waals surface area contributed by atoms with E-state index in [-0.39, 0.29) is 17.5 Å². The summed E-state index contributed by atoms with van der Waals surface area (Å²) in [7, 11) is 1.52. The van der Waals surface area contributed by atoms with E-state index in [0.29, 0.717) is 28.3 Å². The van der Waals surface area contributed by atoms with Gasteiger partial charge in [-0.15, -0.1) is 11.8 Å². The molecule has 0 aromatic heterocycles. The minimum absolute atomic E-state index is 0.192. The number of ether oxygens (including phenoxy) is 1. The maximum atomic E-state index is 13.3. The van der Waals surface area contributed by atoms with E-state index in [1.807, 2.05) is 0 Å². The van der Waals surface area contributed by atoms with Crippen molar-refractivity contribution in [3.63, 3.8) is 0 Å². The molecular formula is C17H17FN2O3S. The van der Waals surface area contributed by atoms with E-state index in [1.165, 1.54) is 31.0 Å². The van der Waals surface area contributed by atoms with Gasteiger partial charge in [-0.05, 0) is 42.5 Å². The van der Waals surface area contributed by atoms with Crippen LogP contribution in [0.3, 0.4) is 0 Å². The number of amides is 2. The molecule has 3 N–H and O–H groups in total. The molecule has 2 aromatic carbocycles. The number of hydrogen-bond acceptors (Lipinski definition) is 4. The van der Waals surface area contributed by atoms with Crippen LogP contribution in [0.15, 0.2) is 42.5 Å². The molecule has 0 bridgehead atoms. The van der Waals surface area contributed by atoms with Gasteiger partial charge in [-0.1, -0.05) is 0 Å².